The van der Waals surface area contributed by atoms with Crippen LogP contribution < -0.4 is 10.6 Å². The summed E-state index contributed by atoms with van der Waals surface area (Å²) in [4.78, 5) is 16.2. The Kier molecular flexibility index (Phi) is 6.21. The summed E-state index contributed by atoms with van der Waals surface area (Å²) in [6.07, 6.45) is 4.22. The Balaban J connectivity index is 1.46. The Morgan fingerprint density at radius 2 is 1.85 bits per heavy atom. The van der Waals surface area contributed by atoms with E-state index in [0.717, 1.165) is 17.8 Å². The van der Waals surface area contributed by atoms with Gasteiger partial charge in [-0.2, -0.15) is 5.26 Å². The zero-order valence-corrected chi connectivity index (χ0v) is 14.9. The largest absolute Gasteiger partial charge is 0.361 e. The number of hydrogen-bond donors (Lipinski definition) is 2. The van der Waals surface area contributed by atoms with E-state index in [2.05, 4.69) is 21.7 Å². The highest BCUT2D eigenvalue weighted by molar-refractivity contribution is 5.80. The van der Waals surface area contributed by atoms with Crippen molar-refractivity contribution in [3.8, 4) is 6.07 Å². The van der Waals surface area contributed by atoms with Crippen LogP contribution in [0.3, 0.4) is 0 Å². The summed E-state index contributed by atoms with van der Waals surface area (Å²) >= 11 is 0. The maximum Gasteiger partial charge on any atom is 0.239 e. The number of hydrogen-bond acceptors (Lipinski definition) is 4. The highest BCUT2D eigenvalue weighted by Crippen LogP contribution is 2.11. The number of nitrogens with one attached hydrogen (secondary N) is 2. The van der Waals surface area contributed by atoms with E-state index in [9.17, 15) is 4.79 Å². The molecule has 6 heteroatoms. The van der Waals surface area contributed by atoms with Crippen molar-refractivity contribution in [1.82, 2.24) is 14.9 Å². The second kappa shape index (κ2) is 9.20. The molecule has 0 saturated carbocycles. The zero-order chi connectivity index (χ0) is 18.9. The molecule has 1 aromatic heterocycles. The number of aromatic nitrogens is 2. The van der Waals surface area contributed by atoms with E-state index >= 15 is 0 Å². The van der Waals surface area contributed by atoms with Crippen LogP contribution in [-0.2, 0) is 17.8 Å². The number of carbonyl (C=O) groups excluding carboxylic acids is 1. The number of imidazole rings is 1. The fourth-order valence-electron chi connectivity index (χ4n) is 2.70. The van der Waals surface area contributed by atoms with Crippen molar-refractivity contribution in [3.63, 3.8) is 0 Å². The number of rotatable bonds is 8. The van der Waals surface area contributed by atoms with Crippen molar-refractivity contribution in [2.75, 3.05) is 18.4 Å². The Morgan fingerprint density at radius 1 is 1.07 bits per heavy atom. The molecule has 3 rings (SSSR count). The second-order valence-corrected chi connectivity index (χ2v) is 6.15. The SMILES string of the molecule is N#Cc1ccc(Cn2cncc2NCC(=O)NCCc2ccccc2)cc1. The van der Waals surface area contributed by atoms with Crippen LogP contribution in [0, 0.1) is 11.3 Å². The van der Waals surface area contributed by atoms with Crippen LogP contribution >= 0.6 is 0 Å². The molecule has 0 saturated heterocycles. The molecular formula is C21H21N5O. The van der Waals surface area contributed by atoms with Crippen LogP contribution in [0.25, 0.3) is 0 Å². The lowest BCUT2D eigenvalue weighted by molar-refractivity contribution is -0.119. The minimum Gasteiger partial charge on any atom is -0.361 e. The fourth-order valence-corrected chi connectivity index (χ4v) is 2.70. The predicted molar refractivity (Wildman–Crippen MR) is 104 cm³/mol. The molecule has 2 N–H and O–H groups in total. The summed E-state index contributed by atoms with van der Waals surface area (Å²) in [5.41, 5.74) is 2.89. The van der Waals surface area contributed by atoms with Crippen molar-refractivity contribution in [1.29, 1.82) is 5.26 Å². The molecule has 0 aliphatic heterocycles. The van der Waals surface area contributed by atoms with Gasteiger partial charge in [0.05, 0.1) is 37.2 Å². The summed E-state index contributed by atoms with van der Waals surface area (Å²) in [6, 6.07) is 19.6. The van der Waals surface area contributed by atoms with E-state index in [0.29, 0.717) is 18.7 Å². The smallest absolute Gasteiger partial charge is 0.239 e. The summed E-state index contributed by atoms with van der Waals surface area (Å²) in [6.45, 7) is 1.41. The van der Waals surface area contributed by atoms with Gasteiger partial charge in [-0.1, -0.05) is 42.5 Å². The van der Waals surface area contributed by atoms with E-state index in [1.165, 1.54) is 5.56 Å². The van der Waals surface area contributed by atoms with E-state index in [1.807, 2.05) is 47.0 Å². The van der Waals surface area contributed by atoms with E-state index in [4.69, 9.17) is 5.26 Å². The maximum atomic E-state index is 12.0. The molecule has 3 aromatic rings. The minimum absolute atomic E-state index is 0.0583. The number of benzene rings is 2. The average Bonchev–Trinajstić information content (AvgIpc) is 3.15. The molecule has 0 atom stereocenters. The van der Waals surface area contributed by atoms with Gasteiger partial charge in [0.1, 0.15) is 5.82 Å². The van der Waals surface area contributed by atoms with Gasteiger partial charge in [0, 0.05) is 6.54 Å². The van der Waals surface area contributed by atoms with Gasteiger partial charge in [0.2, 0.25) is 5.91 Å². The average molecular weight is 359 g/mol. The lowest BCUT2D eigenvalue weighted by atomic mass is 10.1. The van der Waals surface area contributed by atoms with Crippen LogP contribution in [0.4, 0.5) is 5.82 Å². The van der Waals surface area contributed by atoms with Crippen molar-refractivity contribution in [2.45, 2.75) is 13.0 Å². The minimum atomic E-state index is -0.0583. The monoisotopic (exact) mass is 359 g/mol. The standard InChI is InChI=1S/C21H21N5O/c22-12-18-6-8-19(9-7-18)15-26-16-23-13-20(26)25-14-21(27)24-11-10-17-4-2-1-3-5-17/h1-9,13,16,25H,10-11,14-15H2,(H,24,27). The lowest BCUT2D eigenvalue weighted by Gasteiger charge is -2.11. The van der Waals surface area contributed by atoms with Gasteiger partial charge >= 0.3 is 0 Å². The van der Waals surface area contributed by atoms with Crippen LogP contribution in [0.1, 0.15) is 16.7 Å². The second-order valence-electron chi connectivity index (χ2n) is 6.15. The van der Waals surface area contributed by atoms with Crippen LogP contribution in [0.15, 0.2) is 67.1 Å². The molecule has 6 nitrogen and oxygen atoms in total. The first-order valence-electron chi connectivity index (χ1n) is 8.78. The number of anilines is 1. The molecule has 0 bridgehead atoms. The first-order valence-corrected chi connectivity index (χ1v) is 8.78. The molecule has 1 heterocycles. The van der Waals surface area contributed by atoms with E-state index in [-0.39, 0.29) is 12.5 Å². The maximum absolute atomic E-state index is 12.0. The highest BCUT2D eigenvalue weighted by atomic mass is 16.1. The Bertz CT molecular complexity index is 910. The molecule has 0 unspecified atom stereocenters. The predicted octanol–water partition coefficient (Wildman–Crippen LogP) is 2.57. The zero-order valence-electron chi connectivity index (χ0n) is 14.9. The van der Waals surface area contributed by atoms with Crippen molar-refractivity contribution in [3.05, 3.63) is 83.8 Å². The van der Waals surface area contributed by atoms with E-state index < -0.39 is 0 Å². The van der Waals surface area contributed by atoms with Crippen LogP contribution in [0.5, 0.6) is 0 Å². The van der Waals surface area contributed by atoms with Crippen molar-refractivity contribution < 1.29 is 4.79 Å². The third-order valence-electron chi connectivity index (χ3n) is 4.16. The molecule has 0 aliphatic carbocycles. The summed E-state index contributed by atoms with van der Waals surface area (Å²) in [5.74, 6) is 0.717. The lowest BCUT2D eigenvalue weighted by Crippen LogP contribution is -2.31. The Hall–Kier alpha value is -3.59. The van der Waals surface area contributed by atoms with Gasteiger partial charge in [-0.3, -0.25) is 4.79 Å². The molecule has 0 spiro atoms. The summed E-state index contributed by atoms with van der Waals surface area (Å²) in [5, 5.41) is 14.9. The summed E-state index contributed by atoms with van der Waals surface area (Å²) < 4.78 is 1.93. The van der Waals surface area contributed by atoms with Crippen molar-refractivity contribution in [2.24, 2.45) is 0 Å². The molecular weight excluding hydrogens is 338 g/mol. The van der Waals surface area contributed by atoms with Gasteiger partial charge < -0.3 is 15.2 Å². The topological polar surface area (TPSA) is 82.7 Å². The molecule has 2 aromatic carbocycles. The quantitative estimate of drug-likeness (QED) is 0.648. The molecule has 0 fully saturated rings. The number of nitrogens with zero attached hydrogens (tertiary/aromatic N) is 3. The van der Waals surface area contributed by atoms with Gasteiger partial charge in [-0.15, -0.1) is 0 Å². The molecule has 27 heavy (non-hydrogen) atoms. The third-order valence-corrected chi connectivity index (χ3v) is 4.16. The number of carbonyl (C=O) groups is 1. The summed E-state index contributed by atoms with van der Waals surface area (Å²) in [7, 11) is 0. The molecule has 0 radical (unpaired) electrons. The first kappa shape index (κ1) is 18.2. The van der Waals surface area contributed by atoms with Gasteiger partial charge in [0.25, 0.3) is 0 Å². The van der Waals surface area contributed by atoms with E-state index in [1.54, 1.807) is 24.7 Å². The normalized spacial score (nSPS) is 10.2. The Labute approximate surface area is 158 Å². The molecule has 136 valence electrons. The van der Waals surface area contributed by atoms with Gasteiger partial charge in [-0.25, -0.2) is 4.98 Å². The number of nitriles is 1. The molecule has 0 aliphatic rings. The van der Waals surface area contributed by atoms with Crippen LogP contribution in [-0.4, -0.2) is 28.5 Å². The number of amides is 1. The Morgan fingerprint density at radius 3 is 2.59 bits per heavy atom. The van der Waals surface area contributed by atoms with Crippen molar-refractivity contribution >= 4 is 11.7 Å². The van der Waals surface area contributed by atoms with Gasteiger partial charge in [0.15, 0.2) is 0 Å². The van der Waals surface area contributed by atoms with Crippen LogP contribution in [0.2, 0.25) is 0 Å². The van der Waals surface area contributed by atoms with Gasteiger partial charge in [-0.05, 0) is 29.7 Å². The first-order chi connectivity index (χ1) is 13.2. The molecule has 1 amide bonds. The third kappa shape index (κ3) is 5.44. The highest BCUT2D eigenvalue weighted by Gasteiger charge is 2.06. The fraction of sp³-hybridized carbons (Fsp3) is 0.190.